The molecule has 2 aromatic rings. The zero-order chi connectivity index (χ0) is 11.5. The summed E-state index contributed by atoms with van der Waals surface area (Å²) in [4.78, 5) is 22.9. The van der Waals surface area contributed by atoms with Crippen molar-refractivity contribution < 1.29 is 4.79 Å². The van der Waals surface area contributed by atoms with Gasteiger partial charge in [0, 0.05) is 12.4 Å². The lowest BCUT2D eigenvalue weighted by molar-refractivity contribution is 0.100. The Morgan fingerprint density at radius 1 is 1.25 bits per heavy atom. The molecule has 6 heteroatoms. The normalized spacial score (nSPS) is 10.0. The van der Waals surface area contributed by atoms with Crippen molar-refractivity contribution in [2.75, 3.05) is 5.73 Å². The number of anilines is 1. The van der Waals surface area contributed by atoms with Gasteiger partial charge in [-0.15, -0.1) is 0 Å². The number of carbonyl (C=O) groups is 1. The van der Waals surface area contributed by atoms with Crippen LogP contribution in [0.3, 0.4) is 0 Å². The Bertz CT molecular complexity index is 526. The van der Waals surface area contributed by atoms with Crippen LogP contribution in [0.2, 0.25) is 0 Å². The van der Waals surface area contributed by atoms with Gasteiger partial charge in [0.25, 0.3) is 5.91 Å². The first kappa shape index (κ1) is 10.0. The quantitative estimate of drug-likeness (QED) is 0.744. The molecular formula is C10H9N5O. The fraction of sp³-hybridized carbons (Fsp3) is 0. The predicted molar refractivity (Wildman–Crippen MR) is 58.2 cm³/mol. The van der Waals surface area contributed by atoms with Gasteiger partial charge in [-0.2, -0.15) is 0 Å². The predicted octanol–water partition coefficient (Wildman–Crippen LogP) is 0.220. The van der Waals surface area contributed by atoms with E-state index in [9.17, 15) is 4.79 Å². The third kappa shape index (κ3) is 1.81. The summed E-state index contributed by atoms with van der Waals surface area (Å²) < 4.78 is 0. The van der Waals surface area contributed by atoms with Crippen LogP contribution in [0.5, 0.6) is 0 Å². The van der Waals surface area contributed by atoms with Gasteiger partial charge in [0.05, 0.1) is 5.56 Å². The van der Waals surface area contributed by atoms with E-state index >= 15 is 0 Å². The molecule has 0 atom stereocenters. The molecular weight excluding hydrogens is 206 g/mol. The molecule has 1 amide bonds. The van der Waals surface area contributed by atoms with Crippen molar-refractivity contribution in [3.05, 3.63) is 36.2 Å². The van der Waals surface area contributed by atoms with Gasteiger partial charge in [0.2, 0.25) is 0 Å². The summed E-state index contributed by atoms with van der Waals surface area (Å²) in [6.45, 7) is 0. The number of hydrogen-bond donors (Lipinski definition) is 2. The number of aromatic nitrogens is 3. The third-order valence-electron chi connectivity index (χ3n) is 1.98. The van der Waals surface area contributed by atoms with Crippen LogP contribution < -0.4 is 11.5 Å². The van der Waals surface area contributed by atoms with Crippen LogP contribution >= 0.6 is 0 Å². The van der Waals surface area contributed by atoms with Crippen molar-refractivity contribution in [1.29, 1.82) is 0 Å². The minimum Gasteiger partial charge on any atom is -0.383 e. The molecule has 0 aliphatic heterocycles. The summed E-state index contributed by atoms with van der Waals surface area (Å²) in [7, 11) is 0. The summed E-state index contributed by atoms with van der Waals surface area (Å²) in [5.74, 6) is -0.226. The van der Waals surface area contributed by atoms with E-state index in [1.807, 2.05) is 6.07 Å². The molecule has 0 aliphatic carbocycles. The summed E-state index contributed by atoms with van der Waals surface area (Å²) in [5.41, 5.74) is 11.4. The molecule has 0 spiro atoms. The summed E-state index contributed by atoms with van der Waals surface area (Å²) in [6.07, 6.45) is 2.92. The van der Waals surface area contributed by atoms with Crippen molar-refractivity contribution >= 4 is 11.7 Å². The van der Waals surface area contributed by atoms with E-state index in [-0.39, 0.29) is 11.4 Å². The Morgan fingerprint density at radius 2 is 2.06 bits per heavy atom. The lowest BCUT2D eigenvalue weighted by Gasteiger charge is -2.02. The molecule has 16 heavy (non-hydrogen) atoms. The zero-order valence-corrected chi connectivity index (χ0v) is 8.29. The van der Waals surface area contributed by atoms with E-state index < -0.39 is 5.91 Å². The second-order valence-corrected chi connectivity index (χ2v) is 3.07. The number of pyridine rings is 1. The minimum absolute atomic E-state index is 0.0585. The number of primary amides is 1. The van der Waals surface area contributed by atoms with Crippen LogP contribution in [0.4, 0.5) is 5.82 Å². The van der Waals surface area contributed by atoms with Gasteiger partial charge in [-0.1, -0.05) is 6.07 Å². The molecule has 0 radical (unpaired) electrons. The van der Waals surface area contributed by atoms with Gasteiger partial charge in [-0.05, 0) is 12.1 Å². The van der Waals surface area contributed by atoms with E-state index in [0.717, 1.165) is 0 Å². The number of rotatable bonds is 2. The van der Waals surface area contributed by atoms with E-state index in [2.05, 4.69) is 15.0 Å². The molecule has 2 aromatic heterocycles. The van der Waals surface area contributed by atoms with Crippen molar-refractivity contribution in [3.8, 4) is 11.5 Å². The smallest absolute Gasteiger partial charge is 0.254 e. The SMILES string of the molecule is NC(=O)c1cnc(-c2ccccn2)nc1N. The Hall–Kier alpha value is -2.50. The average Bonchev–Trinajstić information content (AvgIpc) is 2.29. The summed E-state index contributed by atoms with van der Waals surface area (Å²) in [6, 6.07) is 5.34. The highest BCUT2D eigenvalue weighted by molar-refractivity contribution is 5.96. The van der Waals surface area contributed by atoms with Crippen LogP contribution in [-0.2, 0) is 0 Å². The van der Waals surface area contributed by atoms with Gasteiger partial charge in [0.15, 0.2) is 5.82 Å². The highest BCUT2D eigenvalue weighted by Gasteiger charge is 2.10. The van der Waals surface area contributed by atoms with Crippen LogP contribution in [0.25, 0.3) is 11.5 Å². The molecule has 0 saturated heterocycles. The molecule has 6 nitrogen and oxygen atoms in total. The van der Waals surface area contributed by atoms with Gasteiger partial charge in [0.1, 0.15) is 11.5 Å². The van der Waals surface area contributed by atoms with Gasteiger partial charge < -0.3 is 11.5 Å². The topological polar surface area (TPSA) is 108 Å². The highest BCUT2D eigenvalue weighted by Crippen LogP contribution is 2.14. The van der Waals surface area contributed by atoms with E-state index in [1.165, 1.54) is 6.20 Å². The van der Waals surface area contributed by atoms with E-state index in [4.69, 9.17) is 11.5 Å². The van der Waals surface area contributed by atoms with Crippen LogP contribution in [-0.4, -0.2) is 20.9 Å². The minimum atomic E-state index is -0.648. The fourth-order valence-electron chi connectivity index (χ4n) is 1.20. The van der Waals surface area contributed by atoms with Crippen molar-refractivity contribution in [1.82, 2.24) is 15.0 Å². The molecule has 0 fully saturated rings. The summed E-state index contributed by atoms with van der Waals surface area (Å²) >= 11 is 0. The zero-order valence-electron chi connectivity index (χ0n) is 8.29. The molecule has 0 aliphatic rings. The number of nitrogens with zero attached hydrogens (tertiary/aromatic N) is 3. The standard InChI is InChI=1S/C10H9N5O/c11-8-6(9(12)16)5-14-10(15-8)7-3-1-2-4-13-7/h1-5H,(H2,12,16)(H2,11,14,15). The van der Waals surface area contributed by atoms with Gasteiger partial charge >= 0.3 is 0 Å². The van der Waals surface area contributed by atoms with Crippen LogP contribution in [0, 0.1) is 0 Å². The summed E-state index contributed by atoms with van der Waals surface area (Å²) in [5, 5.41) is 0. The maximum absolute atomic E-state index is 10.9. The first-order valence-electron chi connectivity index (χ1n) is 4.52. The van der Waals surface area contributed by atoms with Crippen molar-refractivity contribution in [2.45, 2.75) is 0 Å². The molecule has 80 valence electrons. The second kappa shape index (κ2) is 3.93. The number of hydrogen-bond acceptors (Lipinski definition) is 5. The monoisotopic (exact) mass is 215 g/mol. The molecule has 0 saturated carbocycles. The largest absolute Gasteiger partial charge is 0.383 e. The molecule has 0 unspecified atom stereocenters. The Morgan fingerprint density at radius 3 is 2.62 bits per heavy atom. The van der Waals surface area contributed by atoms with Crippen molar-refractivity contribution in [2.24, 2.45) is 5.73 Å². The molecule has 2 heterocycles. The lowest BCUT2D eigenvalue weighted by atomic mass is 10.3. The molecule has 0 bridgehead atoms. The number of carbonyl (C=O) groups excluding carboxylic acids is 1. The molecule has 4 N–H and O–H groups in total. The number of nitrogens with two attached hydrogens (primary N) is 2. The Kier molecular flexibility index (Phi) is 2.47. The first-order chi connectivity index (χ1) is 7.68. The molecule has 2 rings (SSSR count). The maximum Gasteiger partial charge on any atom is 0.254 e. The number of nitrogen functional groups attached to an aromatic ring is 1. The van der Waals surface area contributed by atoms with Crippen LogP contribution in [0.15, 0.2) is 30.6 Å². The van der Waals surface area contributed by atoms with E-state index in [0.29, 0.717) is 11.5 Å². The maximum atomic E-state index is 10.9. The van der Waals surface area contributed by atoms with Crippen molar-refractivity contribution in [3.63, 3.8) is 0 Å². The molecule has 0 aromatic carbocycles. The van der Waals surface area contributed by atoms with E-state index in [1.54, 1.807) is 18.3 Å². The highest BCUT2D eigenvalue weighted by atomic mass is 16.1. The lowest BCUT2D eigenvalue weighted by Crippen LogP contribution is -2.15. The fourth-order valence-corrected chi connectivity index (χ4v) is 1.20. The number of amides is 1. The Balaban J connectivity index is 2.46. The van der Waals surface area contributed by atoms with Gasteiger partial charge in [-0.25, -0.2) is 9.97 Å². The second-order valence-electron chi connectivity index (χ2n) is 3.07. The third-order valence-corrected chi connectivity index (χ3v) is 1.98. The van der Waals surface area contributed by atoms with Gasteiger partial charge in [-0.3, -0.25) is 9.78 Å². The van der Waals surface area contributed by atoms with Crippen LogP contribution in [0.1, 0.15) is 10.4 Å². The Labute approximate surface area is 91.4 Å². The average molecular weight is 215 g/mol. The first-order valence-corrected chi connectivity index (χ1v) is 4.52.